The first-order valence-electron chi connectivity index (χ1n) is 3.72. The quantitative estimate of drug-likeness (QED) is 0.617. The summed E-state index contributed by atoms with van der Waals surface area (Å²) in [5.74, 6) is 1.35. The largest absolute Gasteiger partial charge is 0.486 e. The van der Waals surface area contributed by atoms with Crippen LogP contribution in [-0.4, -0.2) is 13.2 Å². The van der Waals surface area contributed by atoms with Crippen molar-refractivity contribution in [2.75, 3.05) is 24.7 Å². The molecule has 0 amide bonds. The minimum atomic E-state index is 0. The lowest BCUT2D eigenvalue weighted by Gasteiger charge is -2.19. The van der Waals surface area contributed by atoms with Crippen LogP contribution in [0.25, 0.3) is 0 Å². The Morgan fingerprint density at radius 2 is 1.31 bits per heavy atom. The molecule has 1 heterocycles. The van der Waals surface area contributed by atoms with Crippen molar-refractivity contribution in [3.8, 4) is 11.5 Å². The Balaban J connectivity index is 0.000000845. The van der Waals surface area contributed by atoms with Crippen LogP contribution < -0.4 is 20.9 Å². The third kappa shape index (κ3) is 1.72. The fraction of sp³-hybridized carbons (Fsp3) is 0.250. The summed E-state index contributed by atoms with van der Waals surface area (Å²) in [6, 6.07) is 3.37. The molecule has 0 fully saturated rings. The molecule has 2 rings (SSSR count). The van der Waals surface area contributed by atoms with Crippen molar-refractivity contribution >= 4 is 23.8 Å². The lowest BCUT2D eigenvalue weighted by Crippen LogP contribution is -2.15. The number of halogens is 1. The second-order valence-corrected chi connectivity index (χ2v) is 2.62. The van der Waals surface area contributed by atoms with Gasteiger partial charge in [-0.05, 0) is 0 Å². The maximum absolute atomic E-state index is 5.58. The van der Waals surface area contributed by atoms with Crippen molar-refractivity contribution in [3.05, 3.63) is 12.1 Å². The number of ether oxygens (including phenoxy) is 2. The minimum Gasteiger partial charge on any atom is -0.486 e. The second-order valence-electron chi connectivity index (χ2n) is 2.62. The lowest BCUT2D eigenvalue weighted by atomic mass is 10.2. The number of hydrogen-bond donors (Lipinski definition) is 2. The van der Waals surface area contributed by atoms with Gasteiger partial charge >= 0.3 is 0 Å². The maximum atomic E-state index is 5.58. The van der Waals surface area contributed by atoms with Crippen molar-refractivity contribution in [1.82, 2.24) is 0 Å². The van der Waals surface area contributed by atoms with Crippen LogP contribution >= 0.6 is 12.4 Å². The van der Waals surface area contributed by atoms with Crippen molar-refractivity contribution in [3.63, 3.8) is 0 Å². The number of nitrogen functional groups attached to an aromatic ring is 2. The molecule has 1 aliphatic heterocycles. The molecular formula is C8H11ClN2O2. The van der Waals surface area contributed by atoms with Crippen LogP contribution in [0.5, 0.6) is 11.5 Å². The van der Waals surface area contributed by atoms with E-state index in [1.54, 1.807) is 12.1 Å². The van der Waals surface area contributed by atoms with Crippen LogP contribution in [0.15, 0.2) is 12.1 Å². The maximum Gasteiger partial charge on any atom is 0.163 e. The molecule has 0 spiro atoms. The van der Waals surface area contributed by atoms with Gasteiger partial charge in [0.15, 0.2) is 11.5 Å². The molecular weight excluding hydrogens is 192 g/mol. The number of hydrogen-bond acceptors (Lipinski definition) is 4. The van der Waals surface area contributed by atoms with Crippen molar-refractivity contribution in [1.29, 1.82) is 0 Å². The molecule has 0 unspecified atom stereocenters. The summed E-state index contributed by atoms with van der Waals surface area (Å²) in [4.78, 5) is 0. The summed E-state index contributed by atoms with van der Waals surface area (Å²) in [7, 11) is 0. The Labute approximate surface area is 82.2 Å². The van der Waals surface area contributed by atoms with Gasteiger partial charge < -0.3 is 20.9 Å². The van der Waals surface area contributed by atoms with Crippen molar-refractivity contribution in [2.45, 2.75) is 0 Å². The molecule has 0 saturated heterocycles. The third-order valence-corrected chi connectivity index (χ3v) is 1.75. The summed E-state index contributed by atoms with van der Waals surface area (Å²) >= 11 is 0. The Bertz CT molecular complexity index is 286. The highest BCUT2D eigenvalue weighted by atomic mass is 35.5. The van der Waals surface area contributed by atoms with Crippen molar-refractivity contribution in [2.24, 2.45) is 0 Å². The number of anilines is 2. The molecule has 1 aromatic rings. The number of nitrogens with two attached hydrogens (primary N) is 2. The number of fused-ring (bicyclic) bond motifs is 1. The van der Waals surface area contributed by atoms with E-state index in [-0.39, 0.29) is 12.4 Å². The topological polar surface area (TPSA) is 70.5 Å². The summed E-state index contributed by atoms with van der Waals surface area (Å²) in [5, 5.41) is 0. The Hall–Kier alpha value is -1.29. The first kappa shape index (κ1) is 9.80. The molecule has 0 aromatic heterocycles. The van der Waals surface area contributed by atoms with Gasteiger partial charge in [0.25, 0.3) is 0 Å². The van der Waals surface area contributed by atoms with Gasteiger partial charge in [-0.25, -0.2) is 0 Å². The molecule has 72 valence electrons. The molecule has 1 aromatic carbocycles. The summed E-state index contributed by atoms with van der Waals surface area (Å²) < 4.78 is 10.6. The average molecular weight is 203 g/mol. The zero-order valence-corrected chi connectivity index (χ0v) is 7.76. The molecule has 13 heavy (non-hydrogen) atoms. The predicted molar refractivity (Wildman–Crippen MR) is 53.5 cm³/mol. The summed E-state index contributed by atoms with van der Waals surface area (Å²) in [5.41, 5.74) is 12.2. The van der Waals surface area contributed by atoms with E-state index >= 15 is 0 Å². The van der Waals surface area contributed by atoms with Gasteiger partial charge in [0, 0.05) is 12.1 Å². The molecule has 0 atom stereocenters. The molecule has 4 nitrogen and oxygen atoms in total. The van der Waals surface area contributed by atoms with E-state index in [4.69, 9.17) is 20.9 Å². The van der Waals surface area contributed by atoms with Gasteiger partial charge in [0.1, 0.15) is 13.2 Å². The van der Waals surface area contributed by atoms with Gasteiger partial charge in [-0.15, -0.1) is 12.4 Å². The first-order valence-corrected chi connectivity index (χ1v) is 3.72. The van der Waals surface area contributed by atoms with E-state index in [1.807, 2.05) is 0 Å². The van der Waals surface area contributed by atoms with Gasteiger partial charge in [-0.1, -0.05) is 0 Å². The second kappa shape index (κ2) is 3.62. The van der Waals surface area contributed by atoms with Gasteiger partial charge in [0.05, 0.1) is 11.4 Å². The predicted octanol–water partition coefficient (Wildman–Crippen LogP) is 1.04. The van der Waals surface area contributed by atoms with Crippen LogP contribution in [0.4, 0.5) is 11.4 Å². The highest BCUT2D eigenvalue weighted by Gasteiger charge is 2.12. The smallest absolute Gasteiger partial charge is 0.163 e. The zero-order chi connectivity index (χ0) is 8.55. The fourth-order valence-corrected chi connectivity index (χ4v) is 1.12. The van der Waals surface area contributed by atoms with Crippen LogP contribution in [-0.2, 0) is 0 Å². The van der Waals surface area contributed by atoms with Gasteiger partial charge in [-0.2, -0.15) is 0 Å². The average Bonchev–Trinajstić information content (AvgIpc) is 2.07. The SMILES string of the molecule is Cl.Nc1cc2c(cc1N)OCCO2. The van der Waals surface area contributed by atoms with E-state index in [9.17, 15) is 0 Å². The minimum absolute atomic E-state index is 0. The van der Waals surface area contributed by atoms with E-state index < -0.39 is 0 Å². The van der Waals surface area contributed by atoms with E-state index in [0.29, 0.717) is 36.1 Å². The Kier molecular flexibility index (Phi) is 2.72. The fourth-order valence-electron chi connectivity index (χ4n) is 1.12. The Morgan fingerprint density at radius 1 is 0.923 bits per heavy atom. The van der Waals surface area contributed by atoms with Crippen LogP contribution in [0.1, 0.15) is 0 Å². The normalized spacial score (nSPS) is 13.2. The first-order chi connectivity index (χ1) is 5.77. The molecule has 0 saturated carbocycles. The zero-order valence-electron chi connectivity index (χ0n) is 6.95. The highest BCUT2D eigenvalue weighted by molar-refractivity contribution is 5.85. The molecule has 0 radical (unpaired) electrons. The summed E-state index contributed by atoms with van der Waals surface area (Å²) in [6.07, 6.45) is 0. The van der Waals surface area contributed by atoms with Gasteiger partial charge in [-0.3, -0.25) is 0 Å². The van der Waals surface area contributed by atoms with E-state index in [1.165, 1.54) is 0 Å². The van der Waals surface area contributed by atoms with Gasteiger partial charge in [0.2, 0.25) is 0 Å². The van der Waals surface area contributed by atoms with E-state index in [0.717, 1.165) is 0 Å². The highest BCUT2D eigenvalue weighted by Crippen LogP contribution is 2.35. The molecule has 4 N–H and O–H groups in total. The summed E-state index contributed by atoms with van der Waals surface area (Å²) in [6.45, 7) is 1.13. The molecule has 5 heteroatoms. The molecule has 1 aliphatic rings. The molecule has 0 bridgehead atoms. The van der Waals surface area contributed by atoms with Crippen LogP contribution in [0.3, 0.4) is 0 Å². The van der Waals surface area contributed by atoms with Crippen molar-refractivity contribution < 1.29 is 9.47 Å². The lowest BCUT2D eigenvalue weighted by molar-refractivity contribution is 0.172. The number of benzene rings is 1. The third-order valence-electron chi connectivity index (χ3n) is 1.75. The number of rotatable bonds is 0. The van der Waals surface area contributed by atoms with Crippen LogP contribution in [0.2, 0.25) is 0 Å². The monoisotopic (exact) mass is 202 g/mol. The standard InChI is InChI=1S/C8H10N2O2.ClH/c9-5-3-7-8(4-6(5)10)12-2-1-11-7;/h3-4H,1-2,9-10H2;1H. The van der Waals surface area contributed by atoms with Crippen LogP contribution in [0, 0.1) is 0 Å². The Morgan fingerprint density at radius 3 is 1.69 bits per heavy atom. The molecule has 0 aliphatic carbocycles. The van der Waals surface area contributed by atoms with E-state index in [2.05, 4.69) is 0 Å².